The van der Waals surface area contributed by atoms with Crippen molar-refractivity contribution in [3.8, 4) is 0 Å². The minimum atomic E-state index is -0.271. The molecule has 0 radical (unpaired) electrons. The molecule has 0 fully saturated rings. The van der Waals surface area contributed by atoms with Gasteiger partial charge in [-0.3, -0.25) is 4.79 Å². The Morgan fingerprint density at radius 2 is 2.07 bits per heavy atom. The van der Waals surface area contributed by atoms with Crippen molar-refractivity contribution < 1.29 is 4.79 Å². The van der Waals surface area contributed by atoms with Crippen molar-refractivity contribution in [2.24, 2.45) is 5.73 Å². The molecule has 3 nitrogen and oxygen atoms in total. The van der Waals surface area contributed by atoms with E-state index < -0.39 is 0 Å². The number of hydrogen-bond acceptors (Lipinski definition) is 2. The quantitative estimate of drug-likeness (QED) is 0.798. The molecule has 0 saturated carbocycles. The second-order valence-corrected chi connectivity index (χ2v) is 3.47. The molecule has 1 atom stereocenters. The van der Waals surface area contributed by atoms with E-state index in [2.05, 4.69) is 5.32 Å². The number of carbonyl (C=O) groups excluding carboxylic acids is 1. The van der Waals surface area contributed by atoms with Crippen molar-refractivity contribution in [1.29, 1.82) is 0 Å². The minimum Gasteiger partial charge on any atom is -0.359 e. The number of benzene rings is 1. The van der Waals surface area contributed by atoms with E-state index in [1.807, 2.05) is 12.1 Å². The normalized spacial score (nSPS) is 12.2. The zero-order chi connectivity index (χ0) is 10.6. The van der Waals surface area contributed by atoms with Gasteiger partial charge < -0.3 is 11.1 Å². The van der Waals surface area contributed by atoms with Gasteiger partial charge in [0.05, 0.1) is 0 Å². The van der Waals surface area contributed by atoms with Crippen LogP contribution in [-0.2, 0) is 4.79 Å². The van der Waals surface area contributed by atoms with Gasteiger partial charge in [0, 0.05) is 24.5 Å². The molecule has 1 amide bonds. The summed E-state index contributed by atoms with van der Waals surface area (Å²) in [4.78, 5) is 11.0. The van der Waals surface area contributed by atoms with Crippen LogP contribution in [0.25, 0.3) is 0 Å². The van der Waals surface area contributed by atoms with Gasteiger partial charge in [-0.2, -0.15) is 0 Å². The Bertz CT molecular complexity index is 310. The second kappa shape index (κ2) is 4.98. The van der Waals surface area contributed by atoms with Gasteiger partial charge in [-0.05, 0) is 17.7 Å². The molecule has 1 unspecified atom stereocenters. The predicted molar refractivity (Wildman–Crippen MR) is 57.1 cm³/mol. The van der Waals surface area contributed by atoms with Crippen LogP contribution >= 0.6 is 11.6 Å². The third kappa shape index (κ3) is 3.01. The fourth-order valence-corrected chi connectivity index (χ4v) is 1.26. The van der Waals surface area contributed by atoms with E-state index in [0.717, 1.165) is 5.56 Å². The minimum absolute atomic E-state index is 0.0625. The van der Waals surface area contributed by atoms with Crippen molar-refractivity contribution in [3.05, 3.63) is 34.9 Å². The highest BCUT2D eigenvalue weighted by Crippen LogP contribution is 2.16. The third-order valence-electron chi connectivity index (χ3n) is 1.98. The summed E-state index contributed by atoms with van der Waals surface area (Å²) in [5.74, 6) is -0.0625. The molecule has 0 saturated heterocycles. The van der Waals surface area contributed by atoms with Crippen molar-refractivity contribution in [3.63, 3.8) is 0 Å². The average molecular weight is 213 g/mol. The zero-order valence-corrected chi connectivity index (χ0v) is 8.71. The van der Waals surface area contributed by atoms with Crippen molar-refractivity contribution in [1.82, 2.24) is 5.32 Å². The van der Waals surface area contributed by atoms with Crippen LogP contribution in [0.15, 0.2) is 24.3 Å². The highest BCUT2D eigenvalue weighted by atomic mass is 35.5. The summed E-state index contributed by atoms with van der Waals surface area (Å²) >= 11 is 5.73. The number of amides is 1. The molecule has 3 N–H and O–H groups in total. The molecule has 0 aliphatic rings. The molecule has 0 aliphatic carbocycles. The molecular formula is C10H13ClN2O. The van der Waals surface area contributed by atoms with E-state index in [1.54, 1.807) is 19.2 Å². The van der Waals surface area contributed by atoms with Crippen molar-refractivity contribution in [2.75, 3.05) is 7.05 Å². The third-order valence-corrected chi connectivity index (χ3v) is 2.23. The summed E-state index contributed by atoms with van der Waals surface area (Å²) in [7, 11) is 1.59. The summed E-state index contributed by atoms with van der Waals surface area (Å²) in [5.41, 5.74) is 6.73. The zero-order valence-electron chi connectivity index (χ0n) is 7.96. The van der Waals surface area contributed by atoms with Crippen molar-refractivity contribution in [2.45, 2.75) is 12.5 Å². The van der Waals surface area contributed by atoms with Gasteiger partial charge in [-0.1, -0.05) is 23.7 Å². The van der Waals surface area contributed by atoms with E-state index in [4.69, 9.17) is 17.3 Å². The molecule has 0 aromatic heterocycles. The van der Waals surface area contributed by atoms with Gasteiger partial charge >= 0.3 is 0 Å². The molecule has 0 spiro atoms. The number of hydrogen-bond donors (Lipinski definition) is 2. The maximum atomic E-state index is 11.0. The maximum absolute atomic E-state index is 11.0. The van der Waals surface area contributed by atoms with E-state index in [1.165, 1.54) is 0 Å². The second-order valence-electron chi connectivity index (χ2n) is 3.04. The lowest BCUT2D eigenvalue weighted by atomic mass is 10.0. The summed E-state index contributed by atoms with van der Waals surface area (Å²) < 4.78 is 0. The van der Waals surface area contributed by atoms with Gasteiger partial charge in [-0.15, -0.1) is 0 Å². The molecule has 1 aromatic rings. The topological polar surface area (TPSA) is 55.1 Å². The predicted octanol–water partition coefficient (Wildman–Crippen LogP) is 1.48. The summed E-state index contributed by atoms with van der Waals surface area (Å²) in [6.07, 6.45) is 0.290. The van der Waals surface area contributed by atoms with Crippen LogP contribution in [0.2, 0.25) is 5.02 Å². The molecule has 4 heteroatoms. The first-order valence-electron chi connectivity index (χ1n) is 4.35. The lowest BCUT2D eigenvalue weighted by Crippen LogP contribution is -2.24. The summed E-state index contributed by atoms with van der Waals surface area (Å²) in [6.45, 7) is 0. The molecule has 0 aliphatic heterocycles. The molecular weight excluding hydrogens is 200 g/mol. The van der Waals surface area contributed by atoms with E-state index >= 15 is 0 Å². The van der Waals surface area contributed by atoms with Crippen LogP contribution in [-0.4, -0.2) is 13.0 Å². The Labute approximate surface area is 88.2 Å². The van der Waals surface area contributed by atoms with Gasteiger partial charge in [0.25, 0.3) is 0 Å². The highest BCUT2D eigenvalue weighted by molar-refractivity contribution is 6.30. The molecule has 76 valence electrons. The molecule has 14 heavy (non-hydrogen) atoms. The first-order chi connectivity index (χ1) is 6.63. The van der Waals surface area contributed by atoms with Crippen molar-refractivity contribution >= 4 is 17.5 Å². The van der Waals surface area contributed by atoms with Crippen LogP contribution in [0.3, 0.4) is 0 Å². The SMILES string of the molecule is CNC(=O)CC(N)c1ccc(Cl)cc1. The average Bonchev–Trinajstić information content (AvgIpc) is 2.18. The molecule has 0 bridgehead atoms. The lowest BCUT2D eigenvalue weighted by Gasteiger charge is -2.10. The monoisotopic (exact) mass is 212 g/mol. The summed E-state index contributed by atoms with van der Waals surface area (Å²) in [5, 5.41) is 3.20. The molecule has 1 aromatic carbocycles. The number of nitrogens with one attached hydrogen (secondary N) is 1. The van der Waals surface area contributed by atoms with Gasteiger partial charge in [0.15, 0.2) is 0 Å². The Kier molecular flexibility index (Phi) is 3.92. The first-order valence-corrected chi connectivity index (χ1v) is 4.73. The van der Waals surface area contributed by atoms with E-state index in [-0.39, 0.29) is 18.4 Å². The number of carbonyl (C=O) groups is 1. The fraction of sp³-hybridized carbons (Fsp3) is 0.300. The van der Waals surface area contributed by atoms with Gasteiger partial charge in [-0.25, -0.2) is 0 Å². The number of halogens is 1. The van der Waals surface area contributed by atoms with Crippen LogP contribution in [0, 0.1) is 0 Å². The van der Waals surface area contributed by atoms with Crippen LogP contribution in [0.1, 0.15) is 18.0 Å². The fourth-order valence-electron chi connectivity index (χ4n) is 1.13. The van der Waals surface area contributed by atoms with Gasteiger partial charge in [0.2, 0.25) is 5.91 Å². The summed E-state index contributed by atoms with van der Waals surface area (Å²) in [6, 6.07) is 6.92. The number of rotatable bonds is 3. The van der Waals surface area contributed by atoms with Crippen LogP contribution in [0.5, 0.6) is 0 Å². The Morgan fingerprint density at radius 3 is 2.57 bits per heavy atom. The molecule has 0 heterocycles. The van der Waals surface area contributed by atoms with Gasteiger partial charge in [0.1, 0.15) is 0 Å². The largest absolute Gasteiger partial charge is 0.359 e. The number of nitrogens with two attached hydrogens (primary N) is 1. The Hall–Kier alpha value is -1.06. The highest BCUT2D eigenvalue weighted by Gasteiger charge is 2.09. The lowest BCUT2D eigenvalue weighted by molar-refractivity contribution is -0.120. The maximum Gasteiger partial charge on any atom is 0.221 e. The van der Waals surface area contributed by atoms with Crippen LogP contribution < -0.4 is 11.1 Å². The van der Waals surface area contributed by atoms with Crippen LogP contribution in [0.4, 0.5) is 0 Å². The standard InChI is InChI=1S/C10H13ClN2O/c1-13-10(14)6-9(12)7-2-4-8(11)5-3-7/h2-5,9H,6,12H2,1H3,(H,13,14). The molecule has 1 rings (SSSR count). The Morgan fingerprint density at radius 1 is 1.50 bits per heavy atom. The van der Waals surface area contributed by atoms with E-state index in [9.17, 15) is 4.79 Å². The Balaban J connectivity index is 2.65. The first kappa shape index (κ1) is 11.0. The smallest absolute Gasteiger partial charge is 0.221 e. The van der Waals surface area contributed by atoms with E-state index in [0.29, 0.717) is 5.02 Å².